The first-order chi connectivity index (χ1) is 5.16. The Balaban J connectivity index is 3.22. The average molecular weight is 161 g/mol. The van der Waals surface area contributed by atoms with Crippen molar-refractivity contribution in [2.75, 3.05) is 20.2 Å². The highest BCUT2D eigenvalue weighted by molar-refractivity contribution is 5.68. The number of aliphatic carboxylic acids is 1. The highest BCUT2D eigenvalue weighted by Crippen LogP contribution is 1.90. The van der Waals surface area contributed by atoms with E-state index in [0.29, 0.717) is 6.61 Å². The van der Waals surface area contributed by atoms with Gasteiger partial charge in [0.25, 0.3) is 0 Å². The van der Waals surface area contributed by atoms with Crippen molar-refractivity contribution < 1.29 is 14.7 Å². The average Bonchev–Trinajstić information content (AvgIpc) is 1.86. The van der Waals surface area contributed by atoms with E-state index in [-0.39, 0.29) is 6.54 Å². The molecule has 0 aliphatic heterocycles. The molecular formula is C7H15NO3. The normalized spacial score (nSPS) is 10.5. The molecule has 0 radical (unpaired) electrons. The highest BCUT2D eigenvalue weighted by Gasteiger charge is 2.02. The van der Waals surface area contributed by atoms with Crippen molar-refractivity contribution in [1.82, 2.24) is 5.06 Å². The molecule has 0 heterocycles. The zero-order valence-electron chi connectivity index (χ0n) is 7.04. The van der Waals surface area contributed by atoms with E-state index >= 15 is 0 Å². The Bertz CT molecular complexity index is 116. The van der Waals surface area contributed by atoms with Gasteiger partial charge in [0.15, 0.2) is 0 Å². The highest BCUT2D eigenvalue weighted by atomic mass is 16.7. The van der Waals surface area contributed by atoms with Crippen LogP contribution in [0.2, 0.25) is 0 Å². The maximum absolute atomic E-state index is 10.1. The van der Waals surface area contributed by atoms with E-state index in [1.54, 1.807) is 7.05 Å². The number of nitrogens with zero attached hydrogens (tertiary/aromatic N) is 1. The lowest BCUT2D eigenvalue weighted by molar-refractivity contribution is -0.166. The standard InChI is InChI=1S/C7H15NO3/c1-3-4-5-11-8(2)6-7(9)10/h3-6H2,1-2H3,(H,9,10). The van der Waals surface area contributed by atoms with Crippen LogP contribution in [0.15, 0.2) is 0 Å². The summed E-state index contributed by atoms with van der Waals surface area (Å²) >= 11 is 0. The summed E-state index contributed by atoms with van der Waals surface area (Å²) in [7, 11) is 1.61. The van der Waals surface area contributed by atoms with Crippen molar-refractivity contribution in [2.45, 2.75) is 19.8 Å². The van der Waals surface area contributed by atoms with E-state index in [9.17, 15) is 4.79 Å². The molecule has 0 bridgehead atoms. The number of carbonyl (C=O) groups is 1. The van der Waals surface area contributed by atoms with Gasteiger partial charge >= 0.3 is 5.97 Å². The fourth-order valence-corrected chi connectivity index (χ4v) is 0.601. The minimum absolute atomic E-state index is 0.0658. The Morgan fingerprint density at radius 2 is 2.27 bits per heavy atom. The predicted octanol–water partition coefficient (Wildman–Crippen LogP) is 0.735. The fourth-order valence-electron chi connectivity index (χ4n) is 0.601. The van der Waals surface area contributed by atoms with Gasteiger partial charge in [0.05, 0.1) is 6.61 Å². The van der Waals surface area contributed by atoms with Crippen LogP contribution in [0.3, 0.4) is 0 Å². The molecule has 0 fully saturated rings. The molecule has 0 aromatic carbocycles. The van der Waals surface area contributed by atoms with Crippen molar-refractivity contribution >= 4 is 5.97 Å². The maximum atomic E-state index is 10.1. The Morgan fingerprint density at radius 3 is 2.73 bits per heavy atom. The zero-order chi connectivity index (χ0) is 8.69. The van der Waals surface area contributed by atoms with Crippen LogP contribution < -0.4 is 0 Å². The zero-order valence-corrected chi connectivity index (χ0v) is 7.04. The number of hydrogen-bond donors (Lipinski definition) is 1. The largest absolute Gasteiger partial charge is 0.480 e. The minimum Gasteiger partial charge on any atom is -0.480 e. The molecule has 0 rings (SSSR count). The van der Waals surface area contributed by atoms with E-state index in [0.717, 1.165) is 12.8 Å². The lowest BCUT2D eigenvalue weighted by Gasteiger charge is -2.13. The van der Waals surface area contributed by atoms with Gasteiger partial charge in [0.2, 0.25) is 0 Å². The van der Waals surface area contributed by atoms with Crippen molar-refractivity contribution in [2.24, 2.45) is 0 Å². The molecule has 1 N–H and O–H groups in total. The van der Waals surface area contributed by atoms with Gasteiger partial charge in [-0.15, -0.1) is 0 Å². The summed E-state index contributed by atoms with van der Waals surface area (Å²) < 4.78 is 0. The smallest absolute Gasteiger partial charge is 0.320 e. The van der Waals surface area contributed by atoms with Crippen molar-refractivity contribution in [3.8, 4) is 0 Å². The van der Waals surface area contributed by atoms with Gasteiger partial charge < -0.3 is 5.11 Å². The third-order valence-electron chi connectivity index (χ3n) is 1.17. The molecule has 4 nitrogen and oxygen atoms in total. The number of rotatable bonds is 6. The Hall–Kier alpha value is -0.610. The van der Waals surface area contributed by atoms with Crippen LogP contribution in [-0.4, -0.2) is 36.3 Å². The van der Waals surface area contributed by atoms with Gasteiger partial charge in [-0.1, -0.05) is 13.3 Å². The molecule has 0 unspecified atom stereocenters. The first kappa shape index (κ1) is 10.4. The molecule has 0 amide bonds. The lowest BCUT2D eigenvalue weighted by Crippen LogP contribution is -2.26. The van der Waals surface area contributed by atoms with E-state index in [2.05, 4.69) is 6.92 Å². The van der Waals surface area contributed by atoms with Crippen molar-refractivity contribution in [3.63, 3.8) is 0 Å². The second-order valence-electron chi connectivity index (χ2n) is 2.37. The summed E-state index contributed by atoms with van der Waals surface area (Å²) in [4.78, 5) is 15.2. The molecule has 0 saturated heterocycles. The first-order valence-corrected chi connectivity index (χ1v) is 3.72. The molecule has 0 aliphatic carbocycles. The second kappa shape index (κ2) is 6.12. The van der Waals surface area contributed by atoms with Crippen LogP contribution in [0, 0.1) is 0 Å². The second-order valence-corrected chi connectivity index (χ2v) is 2.37. The number of unbranched alkanes of at least 4 members (excludes halogenated alkanes) is 1. The topological polar surface area (TPSA) is 49.8 Å². The van der Waals surface area contributed by atoms with Crippen LogP contribution in [0.1, 0.15) is 19.8 Å². The van der Waals surface area contributed by atoms with Gasteiger partial charge in [0, 0.05) is 7.05 Å². The van der Waals surface area contributed by atoms with Gasteiger partial charge in [-0.25, -0.2) is 0 Å². The van der Waals surface area contributed by atoms with Crippen molar-refractivity contribution in [1.29, 1.82) is 0 Å². The van der Waals surface area contributed by atoms with E-state index in [1.807, 2.05) is 0 Å². The molecule has 0 spiro atoms. The summed E-state index contributed by atoms with van der Waals surface area (Å²) in [5, 5.41) is 9.65. The Labute approximate surface area is 66.7 Å². The summed E-state index contributed by atoms with van der Waals surface area (Å²) in [6, 6.07) is 0. The number of hydrogen-bond acceptors (Lipinski definition) is 3. The number of hydroxylamine groups is 2. The number of likely N-dealkylation sites (N-methyl/N-ethyl adjacent to an activating group) is 1. The third kappa shape index (κ3) is 7.29. The monoisotopic (exact) mass is 161 g/mol. The SMILES string of the molecule is CCCCON(C)CC(=O)O. The van der Waals surface area contributed by atoms with Gasteiger partial charge in [-0.3, -0.25) is 9.63 Å². The fraction of sp³-hybridized carbons (Fsp3) is 0.857. The molecule has 66 valence electrons. The molecule has 0 atom stereocenters. The quantitative estimate of drug-likeness (QED) is 0.461. The van der Waals surface area contributed by atoms with Crippen LogP contribution >= 0.6 is 0 Å². The van der Waals surface area contributed by atoms with E-state index in [4.69, 9.17) is 9.94 Å². The summed E-state index contributed by atoms with van der Waals surface area (Å²) in [6.07, 6.45) is 2.02. The summed E-state index contributed by atoms with van der Waals surface area (Å²) in [6.45, 7) is 2.59. The van der Waals surface area contributed by atoms with Crippen LogP contribution in [0.4, 0.5) is 0 Å². The number of carboxylic acids is 1. The van der Waals surface area contributed by atoms with Crippen LogP contribution in [0.5, 0.6) is 0 Å². The molecule has 4 heteroatoms. The molecule has 0 aromatic rings. The summed E-state index contributed by atoms with van der Waals surface area (Å²) in [5.74, 6) is -0.871. The Morgan fingerprint density at radius 1 is 1.64 bits per heavy atom. The molecular weight excluding hydrogens is 146 g/mol. The van der Waals surface area contributed by atoms with E-state index < -0.39 is 5.97 Å². The molecule has 0 aromatic heterocycles. The van der Waals surface area contributed by atoms with Gasteiger partial charge in [-0.05, 0) is 6.42 Å². The van der Waals surface area contributed by atoms with Gasteiger partial charge in [-0.2, -0.15) is 5.06 Å². The predicted molar refractivity (Wildman–Crippen MR) is 41.1 cm³/mol. The Kier molecular flexibility index (Phi) is 5.78. The van der Waals surface area contributed by atoms with Gasteiger partial charge in [0.1, 0.15) is 6.54 Å². The minimum atomic E-state index is -0.871. The molecule has 11 heavy (non-hydrogen) atoms. The molecule has 0 aliphatic rings. The van der Waals surface area contributed by atoms with Crippen LogP contribution in [0.25, 0.3) is 0 Å². The van der Waals surface area contributed by atoms with Crippen LogP contribution in [-0.2, 0) is 9.63 Å². The number of carboxylic acid groups (broad SMARTS) is 1. The van der Waals surface area contributed by atoms with Crippen molar-refractivity contribution in [3.05, 3.63) is 0 Å². The lowest BCUT2D eigenvalue weighted by atomic mass is 10.4. The molecule has 0 saturated carbocycles. The maximum Gasteiger partial charge on any atom is 0.320 e. The first-order valence-electron chi connectivity index (χ1n) is 3.72. The third-order valence-corrected chi connectivity index (χ3v) is 1.17. The summed E-state index contributed by atoms with van der Waals surface area (Å²) in [5.41, 5.74) is 0. The van der Waals surface area contributed by atoms with E-state index in [1.165, 1.54) is 5.06 Å².